The van der Waals surface area contributed by atoms with Crippen molar-refractivity contribution < 1.29 is 24.0 Å². The molecule has 0 spiro atoms. The van der Waals surface area contributed by atoms with Gasteiger partial charge < -0.3 is 9.47 Å². The molecular formula is C23H14BrNO6. The highest BCUT2D eigenvalue weighted by molar-refractivity contribution is 9.10. The number of nitro benzene ring substituents is 1. The Morgan fingerprint density at radius 1 is 1.06 bits per heavy atom. The van der Waals surface area contributed by atoms with E-state index in [2.05, 4.69) is 15.9 Å². The Bertz CT molecular complexity index is 1220. The van der Waals surface area contributed by atoms with Crippen LogP contribution in [0.1, 0.15) is 26.3 Å². The zero-order valence-corrected chi connectivity index (χ0v) is 17.5. The number of rotatable bonds is 6. The summed E-state index contributed by atoms with van der Waals surface area (Å²) in [6, 6.07) is 17.5. The van der Waals surface area contributed by atoms with Crippen molar-refractivity contribution in [1.82, 2.24) is 0 Å². The van der Waals surface area contributed by atoms with E-state index in [-0.39, 0.29) is 29.6 Å². The number of allylic oxidation sites excluding steroid dienone is 1. The third kappa shape index (κ3) is 4.54. The molecule has 0 aliphatic carbocycles. The molecule has 3 aromatic carbocycles. The summed E-state index contributed by atoms with van der Waals surface area (Å²) in [7, 11) is 0. The number of hydrogen-bond acceptors (Lipinski definition) is 6. The maximum absolute atomic E-state index is 12.6. The van der Waals surface area contributed by atoms with Crippen molar-refractivity contribution in [2.45, 2.75) is 0 Å². The molecule has 7 nitrogen and oxygen atoms in total. The molecule has 31 heavy (non-hydrogen) atoms. The quantitative estimate of drug-likeness (QED) is 0.207. The predicted molar refractivity (Wildman–Crippen MR) is 116 cm³/mol. The minimum Gasteiger partial charge on any atom is -0.485 e. The number of halogens is 1. The summed E-state index contributed by atoms with van der Waals surface area (Å²) in [5, 5.41) is 10.8. The lowest BCUT2D eigenvalue weighted by molar-refractivity contribution is -0.384. The number of Topliss-reactive ketones (excluding diaryl/α,β-unsaturated/α-hetero) is 2. The van der Waals surface area contributed by atoms with Crippen LogP contribution >= 0.6 is 15.9 Å². The smallest absolute Gasteiger partial charge is 0.269 e. The van der Waals surface area contributed by atoms with Crippen LogP contribution in [0, 0.1) is 10.1 Å². The lowest BCUT2D eigenvalue weighted by Gasteiger charge is -2.07. The fraction of sp³-hybridized carbons (Fsp3) is 0.0435. The molecule has 0 atom stereocenters. The maximum atomic E-state index is 12.6. The van der Waals surface area contributed by atoms with E-state index in [0.29, 0.717) is 28.2 Å². The number of hydrogen-bond donors (Lipinski definition) is 0. The Kier molecular flexibility index (Phi) is 5.64. The largest absolute Gasteiger partial charge is 0.485 e. The van der Waals surface area contributed by atoms with Gasteiger partial charge in [0.05, 0.1) is 10.5 Å². The third-order valence-electron chi connectivity index (χ3n) is 4.58. The summed E-state index contributed by atoms with van der Waals surface area (Å²) in [6.45, 7) is -0.153. The number of ketones is 2. The van der Waals surface area contributed by atoms with Crippen molar-refractivity contribution in [3.05, 3.63) is 104 Å². The van der Waals surface area contributed by atoms with Crippen LogP contribution in [0.3, 0.4) is 0 Å². The fourth-order valence-electron chi connectivity index (χ4n) is 2.97. The minimum absolute atomic E-state index is 0.0384. The summed E-state index contributed by atoms with van der Waals surface area (Å²) in [5.74, 6) is 0.349. The van der Waals surface area contributed by atoms with E-state index in [4.69, 9.17) is 9.47 Å². The number of carbonyl (C=O) groups excluding carboxylic acids is 2. The van der Waals surface area contributed by atoms with E-state index >= 15 is 0 Å². The molecule has 8 heteroatoms. The van der Waals surface area contributed by atoms with E-state index in [9.17, 15) is 19.7 Å². The Morgan fingerprint density at radius 2 is 1.77 bits per heavy atom. The summed E-state index contributed by atoms with van der Waals surface area (Å²) >= 11 is 3.32. The first-order valence-corrected chi connectivity index (χ1v) is 9.94. The monoisotopic (exact) mass is 479 g/mol. The van der Waals surface area contributed by atoms with Crippen molar-refractivity contribution in [1.29, 1.82) is 0 Å². The molecule has 154 valence electrons. The molecule has 4 rings (SSSR count). The first-order chi connectivity index (χ1) is 14.9. The number of fused-ring (bicyclic) bond motifs is 1. The Morgan fingerprint density at radius 3 is 2.45 bits per heavy atom. The lowest BCUT2D eigenvalue weighted by Crippen LogP contribution is -2.11. The molecule has 0 amide bonds. The zero-order chi connectivity index (χ0) is 22.0. The van der Waals surface area contributed by atoms with Gasteiger partial charge in [-0.2, -0.15) is 0 Å². The number of benzene rings is 3. The Balaban J connectivity index is 1.45. The standard InChI is InChI=1S/C23H14BrNO6/c24-16-5-3-15(4-6-16)20(26)13-30-18-9-10-19-21(12-18)31-22(23(19)27)11-14-1-7-17(8-2-14)25(28)29/h1-12H,13H2. The van der Waals surface area contributed by atoms with Crippen LogP contribution in [0.15, 0.2) is 77.0 Å². The van der Waals surface area contributed by atoms with Crippen molar-refractivity contribution in [3.63, 3.8) is 0 Å². The maximum Gasteiger partial charge on any atom is 0.269 e. The van der Waals surface area contributed by atoms with E-state index in [0.717, 1.165) is 4.47 Å². The number of nitrogens with zero attached hydrogens (tertiary/aromatic N) is 1. The van der Waals surface area contributed by atoms with Gasteiger partial charge in [-0.25, -0.2) is 0 Å². The summed E-state index contributed by atoms with van der Waals surface area (Å²) in [4.78, 5) is 35.1. The van der Waals surface area contributed by atoms with Gasteiger partial charge in [0.15, 0.2) is 18.1 Å². The minimum atomic E-state index is -0.493. The molecule has 0 N–H and O–H groups in total. The first-order valence-electron chi connectivity index (χ1n) is 9.15. The molecule has 1 aliphatic rings. The molecule has 1 heterocycles. The summed E-state index contributed by atoms with van der Waals surface area (Å²) < 4.78 is 12.1. The van der Waals surface area contributed by atoms with Crippen LogP contribution in [0.25, 0.3) is 6.08 Å². The average Bonchev–Trinajstić information content (AvgIpc) is 3.07. The zero-order valence-electron chi connectivity index (χ0n) is 15.9. The van der Waals surface area contributed by atoms with Crippen LogP contribution in [-0.4, -0.2) is 23.1 Å². The number of ether oxygens (including phenoxy) is 2. The molecule has 0 saturated carbocycles. The normalized spacial score (nSPS) is 13.6. The van der Waals surface area contributed by atoms with Crippen LogP contribution in [0.2, 0.25) is 0 Å². The van der Waals surface area contributed by atoms with Crippen molar-refractivity contribution in [2.75, 3.05) is 6.61 Å². The molecule has 0 saturated heterocycles. The van der Waals surface area contributed by atoms with Crippen LogP contribution in [0.5, 0.6) is 11.5 Å². The highest BCUT2D eigenvalue weighted by Gasteiger charge is 2.28. The van der Waals surface area contributed by atoms with Crippen LogP contribution < -0.4 is 9.47 Å². The molecule has 0 aromatic heterocycles. The van der Waals surface area contributed by atoms with Crippen molar-refractivity contribution >= 4 is 39.3 Å². The van der Waals surface area contributed by atoms with Crippen molar-refractivity contribution in [3.8, 4) is 11.5 Å². The lowest BCUT2D eigenvalue weighted by atomic mass is 10.1. The fourth-order valence-corrected chi connectivity index (χ4v) is 3.23. The van der Waals surface area contributed by atoms with Gasteiger partial charge >= 0.3 is 0 Å². The second-order valence-electron chi connectivity index (χ2n) is 6.67. The average molecular weight is 480 g/mol. The second kappa shape index (κ2) is 8.53. The Hall–Kier alpha value is -3.78. The van der Waals surface area contributed by atoms with Crippen LogP contribution in [0.4, 0.5) is 5.69 Å². The molecule has 0 radical (unpaired) electrons. The van der Waals surface area contributed by atoms with Gasteiger partial charge in [0.25, 0.3) is 5.69 Å². The SMILES string of the molecule is O=C(COc1ccc2c(c1)OC(=Cc1ccc([N+](=O)[O-])cc1)C2=O)c1ccc(Br)cc1. The topological polar surface area (TPSA) is 95.7 Å². The molecule has 0 bridgehead atoms. The number of carbonyl (C=O) groups is 2. The molecule has 0 unspecified atom stereocenters. The van der Waals surface area contributed by atoms with Gasteiger partial charge in [-0.05, 0) is 48.0 Å². The van der Waals surface area contributed by atoms with Gasteiger partial charge in [-0.15, -0.1) is 0 Å². The van der Waals surface area contributed by atoms with E-state index < -0.39 is 4.92 Å². The van der Waals surface area contributed by atoms with Crippen molar-refractivity contribution in [2.24, 2.45) is 0 Å². The molecule has 3 aromatic rings. The van der Waals surface area contributed by atoms with Gasteiger partial charge in [-0.3, -0.25) is 19.7 Å². The molecule has 1 aliphatic heterocycles. The van der Waals surface area contributed by atoms with Gasteiger partial charge in [0.1, 0.15) is 11.5 Å². The first kappa shape index (κ1) is 20.5. The van der Waals surface area contributed by atoms with Gasteiger partial charge in [0, 0.05) is 28.2 Å². The Labute approximate surface area is 185 Å². The van der Waals surface area contributed by atoms with E-state index in [1.54, 1.807) is 42.5 Å². The second-order valence-corrected chi connectivity index (χ2v) is 7.58. The van der Waals surface area contributed by atoms with E-state index in [1.165, 1.54) is 30.3 Å². The molecular weight excluding hydrogens is 466 g/mol. The van der Waals surface area contributed by atoms with Gasteiger partial charge in [-0.1, -0.05) is 28.1 Å². The highest BCUT2D eigenvalue weighted by atomic mass is 79.9. The van der Waals surface area contributed by atoms with E-state index in [1.807, 2.05) is 0 Å². The van der Waals surface area contributed by atoms with Crippen LogP contribution in [-0.2, 0) is 0 Å². The number of nitro groups is 1. The molecule has 0 fully saturated rings. The summed E-state index contributed by atoms with van der Waals surface area (Å²) in [5.41, 5.74) is 1.46. The van der Waals surface area contributed by atoms with Gasteiger partial charge in [0.2, 0.25) is 5.78 Å². The highest BCUT2D eigenvalue weighted by Crippen LogP contribution is 2.35. The predicted octanol–water partition coefficient (Wildman–Crippen LogP) is 5.24. The third-order valence-corrected chi connectivity index (χ3v) is 5.11. The summed E-state index contributed by atoms with van der Waals surface area (Å²) in [6.07, 6.45) is 1.52. The number of non-ortho nitro benzene ring substituents is 1.